The van der Waals surface area contributed by atoms with Crippen LogP contribution in [0, 0.1) is 0 Å². The number of hydrogen-bond acceptors (Lipinski definition) is 2. The minimum Gasteiger partial charge on any atom is -0.353 e. The van der Waals surface area contributed by atoms with E-state index >= 15 is 0 Å². The molecular weight excluding hydrogens is 321 g/mol. The maximum absolute atomic E-state index is 12.5. The van der Waals surface area contributed by atoms with E-state index in [4.69, 9.17) is 0 Å². The number of rotatable bonds is 6. The molecule has 0 aromatic heterocycles. The molecule has 0 bridgehead atoms. The van der Waals surface area contributed by atoms with Crippen LogP contribution >= 0.6 is 0 Å². The molecule has 0 aliphatic carbocycles. The van der Waals surface area contributed by atoms with Crippen molar-refractivity contribution >= 4 is 11.9 Å². The van der Waals surface area contributed by atoms with Gasteiger partial charge in [0.1, 0.15) is 0 Å². The van der Waals surface area contributed by atoms with Gasteiger partial charge in [-0.15, -0.1) is 6.58 Å². The number of benzene rings is 1. The van der Waals surface area contributed by atoms with E-state index in [2.05, 4.69) is 22.2 Å². The summed E-state index contributed by atoms with van der Waals surface area (Å²) in [5.74, 6) is 0.252. The molecule has 1 aromatic carbocycles. The maximum atomic E-state index is 12.5. The number of nitrogens with one attached hydrogen (secondary N) is 2. The van der Waals surface area contributed by atoms with Crippen LogP contribution in [0.25, 0.3) is 0 Å². The van der Waals surface area contributed by atoms with Crippen molar-refractivity contribution in [1.29, 1.82) is 0 Å². The lowest BCUT2D eigenvalue weighted by molar-refractivity contribution is -0.137. The second-order valence-electron chi connectivity index (χ2n) is 5.17. The zero-order valence-corrected chi connectivity index (χ0v) is 13.7. The molecule has 0 spiro atoms. The Hall–Kier alpha value is -2.51. The minimum atomic E-state index is -4.35. The van der Waals surface area contributed by atoms with Gasteiger partial charge in [-0.1, -0.05) is 18.2 Å². The molecule has 0 radical (unpaired) electrons. The number of alkyl halides is 3. The van der Waals surface area contributed by atoms with Crippen LogP contribution in [0.5, 0.6) is 0 Å². The Morgan fingerprint density at radius 1 is 1.25 bits per heavy atom. The summed E-state index contributed by atoms with van der Waals surface area (Å²) >= 11 is 0. The van der Waals surface area contributed by atoms with Crippen LogP contribution in [-0.2, 0) is 17.5 Å². The van der Waals surface area contributed by atoms with Crippen molar-refractivity contribution in [2.24, 2.45) is 4.99 Å². The van der Waals surface area contributed by atoms with Gasteiger partial charge in [-0.2, -0.15) is 13.2 Å². The molecule has 1 rings (SSSR count). The van der Waals surface area contributed by atoms with Gasteiger partial charge in [0, 0.05) is 20.6 Å². The van der Waals surface area contributed by atoms with Crippen LogP contribution in [0.15, 0.2) is 41.9 Å². The molecule has 0 saturated heterocycles. The fourth-order valence-corrected chi connectivity index (χ4v) is 1.63. The number of carbonyl (C=O) groups excluding carboxylic acids is 1. The molecule has 8 heteroatoms. The van der Waals surface area contributed by atoms with Gasteiger partial charge in [0.25, 0.3) is 0 Å². The van der Waals surface area contributed by atoms with Crippen LogP contribution in [0.2, 0.25) is 0 Å². The summed E-state index contributed by atoms with van der Waals surface area (Å²) in [6.45, 7) is 4.26. The average molecular weight is 342 g/mol. The topological polar surface area (TPSA) is 56.7 Å². The molecule has 0 aliphatic rings. The number of carbonyl (C=O) groups is 1. The summed E-state index contributed by atoms with van der Waals surface area (Å²) in [5.41, 5.74) is -0.0726. The van der Waals surface area contributed by atoms with E-state index < -0.39 is 11.7 Å². The van der Waals surface area contributed by atoms with Gasteiger partial charge in [0.05, 0.1) is 18.7 Å². The quantitative estimate of drug-likeness (QED) is 0.472. The summed E-state index contributed by atoms with van der Waals surface area (Å²) in [5, 5.41) is 5.80. The van der Waals surface area contributed by atoms with Crippen LogP contribution in [0.1, 0.15) is 11.1 Å². The predicted molar refractivity (Wildman–Crippen MR) is 87.5 cm³/mol. The lowest BCUT2D eigenvalue weighted by Gasteiger charge is -2.14. The third-order valence-electron chi connectivity index (χ3n) is 3.02. The Balaban J connectivity index is 2.72. The van der Waals surface area contributed by atoms with Crippen molar-refractivity contribution in [3.05, 3.63) is 48.0 Å². The van der Waals surface area contributed by atoms with Crippen molar-refractivity contribution in [2.45, 2.75) is 12.7 Å². The Kier molecular flexibility index (Phi) is 7.29. The standard InChI is InChI=1S/C16H21F3N4O/c1-4-9-20-15(22-11-14(24)23(2)3)21-10-12-5-7-13(8-6-12)16(17,18)19/h4-8H,1,9-11H2,2-3H3,(H2,20,21,22). The third kappa shape index (κ3) is 6.72. The molecule has 24 heavy (non-hydrogen) atoms. The highest BCUT2D eigenvalue weighted by atomic mass is 19.4. The van der Waals surface area contributed by atoms with Gasteiger partial charge < -0.3 is 15.5 Å². The fourth-order valence-electron chi connectivity index (χ4n) is 1.63. The van der Waals surface area contributed by atoms with Gasteiger partial charge in [-0.05, 0) is 17.7 Å². The first-order valence-corrected chi connectivity index (χ1v) is 7.23. The van der Waals surface area contributed by atoms with E-state index in [-0.39, 0.29) is 19.0 Å². The van der Waals surface area contributed by atoms with Crippen molar-refractivity contribution in [3.8, 4) is 0 Å². The van der Waals surface area contributed by atoms with E-state index in [9.17, 15) is 18.0 Å². The lowest BCUT2D eigenvalue weighted by Crippen LogP contribution is -2.43. The maximum Gasteiger partial charge on any atom is 0.416 e. The Labute approximate surface area is 139 Å². The predicted octanol–water partition coefficient (Wildman–Crippen LogP) is 2.01. The highest BCUT2D eigenvalue weighted by molar-refractivity contribution is 5.86. The molecule has 0 heterocycles. The zero-order valence-electron chi connectivity index (χ0n) is 13.7. The highest BCUT2D eigenvalue weighted by Crippen LogP contribution is 2.29. The van der Waals surface area contributed by atoms with E-state index in [1.165, 1.54) is 17.0 Å². The summed E-state index contributed by atoms with van der Waals surface area (Å²) < 4.78 is 37.6. The van der Waals surface area contributed by atoms with Gasteiger partial charge in [0.2, 0.25) is 5.91 Å². The second kappa shape index (κ2) is 8.95. The molecule has 1 amide bonds. The lowest BCUT2D eigenvalue weighted by atomic mass is 10.1. The van der Waals surface area contributed by atoms with Crippen LogP contribution < -0.4 is 10.6 Å². The van der Waals surface area contributed by atoms with Crippen molar-refractivity contribution in [3.63, 3.8) is 0 Å². The van der Waals surface area contributed by atoms with Crippen LogP contribution in [0.3, 0.4) is 0 Å². The summed E-state index contributed by atoms with van der Waals surface area (Å²) in [4.78, 5) is 17.3. The SMILES string of the molecule is C=CCNC(=NCc1ccc(C(F)(F)F)cc1)NCC(=O)N(C)C. The van der Waals surface area contributed by atoms with E-state index in [1.54, 1.807) is 20.2 Å². The van der Waals surface area contributed by atoms with Crippen LogP contribution in [0.4, 0.5) is 13.2 Å². The largest absolute Gasteiger partial charge is 0.416 e. The van der Waals surface area contributed by atoms with E-state index in [1.807, 2.05) is 0 Å². The van der Waals surface area contributed by atoms with Crippen LogP contribution in [-0.4, -0.2) is 44.0 Å². The molecular formula is C16H21F3N4O. The smallest absolute Gasteiger partial charge is 0.353 e. The monoisotopic (exact) mass is 342 g/mol. The first kappa shape index (κ1) is 19.5. The van der Waals surface area contributed by atoms with E-state index in [0.717, 1.165) is 12.1 Å². The number of hydrogen-bond donors (Lipinski definition) is 2. The molecule has 0 fully saturated rings. The van der Waals surface area contributed by atoms with E-state index in [0.29, 0.717) is 18.1 Å². The molecule has 0 aliphatic heterocycles. The average Bonchev–Trinajstić information content (AvgIpc) is 2.53. The molecule has 2 N–H and O–H groups in total. The second-order valence-corrected chi connectivity index (χ2v) is 5.17. The molecule has 0 atom stereocenters. The molecule has 132 valence electrons. The molecule has 1 aromatic rings. The van der Waals surface area contributed by atoms with Gasteiger partial charge in [-0.3, -0.25) is 4.79 Å². The fraction of sp³-hybridized carbons (Fsp3) is 0.375. The van der Waals surface area contributed by atoms with Gasteiger partial charge >= 0.3 is 6.18 Å². The summed E-state index contributed by atoms with van der Waals surface area (Å²) in [7, 11) is 3.28. The van der Waals surface area contributed by atoms with Gasteiger partial charge in [0.15, 0.2) is 5.96 Å². The first-order chi connectivity index (χ1) is 11.2. The number of likely N-dealkylation sites (N-methyl/N-ethyl adjacent to an activating group) is 1. The van der Waals surface area contributed by atoms with Crippen molar-refractivity contribution in [2.75, 3.05) is 27.2 Å². The first-order valence-electron chi connectivity index (χ1n) is 7.23. The minimum absolute atomic E-state index is 0.0585. The Morgan fingerprint density at radius 3 is 2.38 bits per heavy atom. The number of amides is 1. The Bertz CT molecular complexity index is 580. The molecule has 5 nitrogen and oxygen atoms in total. The van der Waals surface area contributed by atoms with Crippen molar-refractivity contribution in [1.82, 2.24) is 15.5 Å². The molecule has 0 saturated carbocycles. The zero-order chi connectivity index (χ0) is 18.2. The van der Waals surface area contributed by atoms with Gasteiger partial charge in [-0.25, -0.2) is 4.99 Å². The summed E-state index contributed by atoms with van der Waals surface area (Å²) in [6, 6.07) is 4.79. The normalized spacial score (nSPS) is 11.8. The number of aliphatic imine (C=N–C) groups is 1. The number of guanidine groups is 1. The third-order valence-corrected chi connectivity index (χ3v) is 3.02. The number of halogens is 3. The number of nitrogens with zero attached hydrogens (tertiary/aromatic N) is 2. The Morgan fingerprint density at radius 2 is 1.88 bits per heavy atom. The highest BCUT2D eigenvalue weighted by Gasteiger charge is 2.29. The van der Waals surface area contributed by atoms with Crippen molar-refractivity contribution < 1.29 is 18.0 Å². The summed E-state index contributed by atoms with van der Waals surface area (Å²) in [6.07, 6.45) is -2.73. The molecule has 0 unspecified atom stereocenters.